The lowest BCUT2D eigenvalue weighted by Crippen LogP contribution is -1.82. The van der Waals surface area contributed by atoms with Crippen LogP contribution >= 0.6 is 0 Å². The molecule has 10 heavy (non-hydrogen) atoms. The van der Waals surface area contributed by atoms with E-state index in [4.69, 9.17) is 15.0 Å². The molecule has 0 aromatic heterocycles. The molecule has 0 bridgehead atoms. The largest absolute Gasteiger partial charge is 0.512 e. The van der Waals surface area contributed by atoms with Crippen LogP contribution in [0, 0.1) is 0 Å². The number of carbonyl (C=O) groups is 2. The third-order valence-corrected chi connectivity index (χ3v) is 0.412. The van der Waals surface area contributed by atoms with Crippen molar-refractivity contribution in [1.29, 1.82) is 0 Å². The summed E-state index contributed by atoms with van der Waals surface area (Å²) in [6.07, 6.45) is 1.17. The van der Waals surface area contributed by atoms with Gasteiger partial charge in [-0.15, -0.1) is 0 Å². The van der Waals surface area contributed by atoms with Crippen molar-refractivity contribution in [2.24, 2.45) is 0 Å². The van der Waals surface area contributed by atoms with Gasteiger partial charge in [-0.2, -0.15) is 0 Å². The van der Waals surface area contributed by atoms with Crippen molar-refractivity contribution in [3.8, 4) is 0 Å². The van der Waals surface area contributed by atoms with Gasteiger partial charge in [-0.1, -0.05) is 0 Å². The molecule has 0 aliphatic heterocycles. The Morgan fingerprint density at radius 3 is 1.70 bits per heavy atom. The number of rotatable bonds is 1. The Balaban J connectivity index is 0. The average Bonchev–Trinajstić information content (AvgIpc) is 1.62. The highest BCUT2D eigenvalue weighted by atomic mass is 16.3. The summed E-state index contributed by atoms with van der Waals surface area (Å²) in [6, 6.07) is 0. The molecule has 2 N–H and O–H groups in total. The first-order valence-electron chi connectivity index (χ1n) is 2.50. The van der Waals surface area contributed by atoms with Gasteiger partial charge in [-0.05, 0) is 13.8 Å². The lowest BCUT2D eigenvalue weighted by atomic mass is 10.4. The van der Waals surface area contributed by atoms with Gasteiger partial charge in [0, 0.05) is 6.08 Å². The zero-order valence-electron chi connectivity index (χ0n) is 5.87. The van der Waals surface area contributed by atoms with E-state index in [1.165, 1.54) is 19.9 Å². The highest BCUT2D eigenvalue weighted by Gasteiger charge is 1.82. The van der Waals surface area contributed by atoms with Gasteiger partial charge in [0.05, 0.1) is 5.76 Å². The first kappa shape index (κ1) is 11.5. The number of hydrogen-bond donors (Lipinski definition) is 2. The number of carboxylic acid groups (broad SMARTS) is 1. The van der Waals surface area contributed by atoms with Gasteiger partial charge in [0.25, 0.3) is 6.47 Å². The van der Waals surface area contributed by atoms with Crippen LogP contribution in [0.1, 0.15) is 13.8 Å². The minimum Gasteiger partial charge on any atom is -0.512 e. The molecule has 0 rings (SSSR count). The number of aliphatic hydroxyl groups is 1. The molecule has 0 spiro atoms. The Morgan fingerprint density at radius 2 is 1.70 bits per heavy atom. The summed E-state index contributed by atoms with van der Waals surface area (Å²) in [5.41, 5.74) is 0. The maximum Gasteiger partial charge on any atom is 0.290 e. The molecule has 4 heteroatoms. The molecule has 0 saturated carbocycles. The van der Waals surface area contributed by atoms with E-state index in [-0.39, 0.29) is 18.0 Å². The molecule has 0 aromatic carbocycles. The Hall–Kier alpha value is -1.32. The highest BCUT2D eigenvalue weighted by Crippen LogP contribution is 1.82. The molecule has 0 aliphatic rings. The summed E-state index contributed by atoms with van der Waals surface area (Å²) >= 11 is 0. The van der Waals surface area contributed by atoms with Gasteiger partial charge in [0.2, 0.25) is 0 Å². The minimum absolute atomic E-state index is 0.0625. The van der Waals surface area contributed by atoms with E-state index in [0.717, 1.165) is 0 Å². The van der Waals surface area contributed by atoms with Gasteiger partial charge < -0.3 is 10.2 Å². The van der Waals surface area contributed by atoms with Crippen LogP contribution in [0.2, 0.25) is 0 Å². The molecule has 58 valence electrons. The van der Waals surface area contributed by atoms with Crippen molar-refractivity contribution in [2.75, 3.05) is 0 Å². The van der Waals surface area contributed by atoms with Gasteiger partial charge >= 0.3 is 0 Å². The Kier molecular flexibility index (Phi) is 8.81. The maximum absolute atomic E-state index is 10.0. The first-order valence-corrected chi connectivity index (χ1v) is 2.50. The van der Waals surface area contributed by atoms with Gasteiger partial charge in [0.15, 0.2) is 5.78 Å². The smallest absolute Gasteiger partial charge is 0.290 e. The van der Waals surface area contributed by atoms with Crippen molar-refractivity contribution < 1.29 is 19.8 Å². The summed E-state index contributed by atoms with van der Waals surface area (Å²) in [7, 11) is 0. The Bertz CT molecular complexity index is 133. The molecule has 0 atom stereocenters. The van der Waals surface area contributed by atoms with E-state index in [1.54, 1.807) is 0 Å². The number of allylic oxidation sites excluding steroid dienone is 2. The fourth-order valence-corrected chi connectivity index (χ4v) is 0.294. The third-order valence-electron chi connectivity index (χ3n) is 0.412. The molecule has 0 aromatic rings. The third kappa shape index (κ3) is 30.0. The molecule has 0 heterocycles. The van der Waals surface area contributed by atoms with Crippen LogP contribution in [0.3, 0.4) is 0 Å². The molecule has 0 amide bonds. The predicted octanol–water partition coefficient (Wildman–Crippen LogP) is 0.738. The SMILES string of the molecule is CC(=O)/C=C(/C)O.O=CO. The van der Waals surface area contributed by atoms with Crippen molar-refractivity contribution in [1.82, 2.24) is 0 Å². The van der Waals surface area contributed by atoms with E-state index >= 15 is 0 Å². The number of carbonyl (C=O) groups excluding carboxylic acids is 1. The van der Waals surface area contributed by atoms with Crippen LogP contribution in [-0.4, -0.2) is 22.5 Å². The van der Waals surface area contributed by atoms with E-state index < -0.39 is 0 Å². The maximum atomic E-state index is 10.0. The van der Waals surface area contributed by atoms with E-state index in [0.29, 0.717) is 0 Å². The van der Waals surface area contributed by atoms with Crippen molar-refractivity contribution in [3.63, 3.8) is 0 Å². The van der Waals surface area contributed by atoms with Crippen LogP contribution < -0.4 is 0 Å². The average molecular weight is 146 g/mol. The molecule has 0 saturated heterocycles. The highest BCUT2D eigenvalue weighted by molar-refractivity contribution is 5.87. The molecular formula is C6H10O4. The summed E-state index contributed by atoms with van der Waals surface area (Å²) in [5, 5.41) is 15.3. The zero-order valence-corrected chi connectivity index (χ0v) is 5.87. The van der Waals surface area contributed by atoms with Crippen molar-refractivity contribution in [2.45, 2.75) is 13.8 Å². The normalized spacial score (nSPS) is 9.20. The second-order valence-corrected chi connectivity index (χ2v) is 1.50. The van der Waals surface area contributed by atoms with E-state index in [9.17, 15) is 4.79 Å². The minimum atomic E-state index is -0.250. The predicted molar refractivity (Wildman–Crippen MR) is 35.8 cm³/mol. The lowest BCUT2D eigenvalue weighted by Gasteiger charge is -1.80. The number of ketones is 1. The first-order chi connectivity index (χ1) is 4.54. The van der Waals surface area contributed by atoms with Gasteiger partial charge in [0.1, 0.15) is 0 Å². The van der Waals surface area contributed by atoms with Gasteiger partial charge in [-0.3, -0.25) is 9.59 Å². The van der Waals surface area contributed by atoms with E-state index in [1.807, 2.05) is 0 Å². The lowest BCUT2D eigenvalue weighted by molar-refractivity contribution is -0.122. The Labute approximate surface area is 58.8 Å². The van der Waals surface area contributed by atoms with Crippen LogP contribution in [0.5, 0.6) is 0 Å². The molecule has 0 unspecified atom stereocenters. The molecule has 0 fully saturated rings. The monoisotopic (exact) mass is 146 g/mol. The topological polar surface area (TPSA) is 74.6 Å². The van der Waals surface area contributed by atoms with Crippen LogP contribution in [0.25, 0.3) is 0 Å². The summed E-state index contributed by atoms with van der Waals surface area (Å²) < 4.78 is 0. The van der Waals surface area contributed by atoms with Crippen molar-refractivity contribution in [3.05, 3.63) is 11.8 Å². The quantitative estimate of drug-likeness (QED) is 0.325. The number of aliphatic hydroxyl groups excluding tert-OH is 1. The zero-order chi connectivity index (χ0) is 8.57. The Morgan fingerprint density at radius 1 is 1.40 bits per heavy atom. The fraction of sp³-hybridized carbons (Fsp3) is 0.333. The molecule has 0 radical (unpaired) electrons. The van der Waals surface area contributed by atoms with Crippen molar-refractivity contribution >= 4 is 12.3 Å². The molecule has 4 nitrogen and oxygen atoms in total. The second-order valence-electron chi connectivity index (χ2n) is 1.50. The summed E-state index contributed by atoms with van der Waals surface area (Å²) in [6.45, 7) is 2.60. The van der Waals surface area contributed by atoms with Crippen LogP contribution in [0.15, 0.2) is 11.8 Å². The second kappa shape index (κ2) is 7.68. The summed E-state index contributed by atoms with van der Waals surface area (Å²) in [5.74, 6) is -0.0625. The number of hydrogen-bond acceptors (Lipinski definition) is 3. The fourth-order valence-electron chi connectivity index (χ4n) is 0.294. The molecular weight excluding hydrogens is 136 g/mol. The standard InChI is InChI=1S/C5H8O2.CH2O2/c1-4(6)3-5(2)7;2-1-3/h3,6H,1-2H3;1H,(H,2,3)/b4-3-;. The van der Waals surface area contributed by atoms with E-state index in [2.05, 4.69) is 0 Å². The van der Waals surface area contributed by atoms with Crippen LogP contribution in [0.4, 0.5) is 0 Å². The van der Waals surface area contributed by atoms with Gasteiger partial charge in [-0.25, -0.2) is 0 Å². The van der Waals surface area contributed by atoms with Crippen LogP contribution in [-0.2, 0) is 9.59 Å². The molecule has 0 aliphatic carbocycles. The summed E-state index contributed by atoms with van der Waals surface area (Å²) in [4.78, 5) is 18.4.